The van der Waals surface area contributed by atoms with Crippen LogP contribution in [0.5, 0.6) is 0 Å². The van der Waals surface area contributed by atoms with Crippen molar-refractivity contribution in [3.63, 3.8) is 0 Å². The second-order valence-corrected chi connectivity index (χ2v) is 4.39. The lowest BCUT2D eigenvalue weighted by molar-refractivity contribution is -0.144. The maximum atomic E-state index is 13.7. The highest BCUT2D eigenvalue weighted by molar-refractivity contribution is 5.87. The van der Waals surface area contributed by atoms with Gasteiger partial charge < -0.3 is 4.74 Å². The van der Waals surface area contributed by atoms with E-state index in [1.165, 1.54) is 13.2 Å². The molecule has 3 nitrogen and oxygen atoms in total. The molecular formula is C12H12FNO2. The zero-order valence-electron chi connectivity index (χ0n) is 8.92. The molecule has 0 bridgehead atoms. The number of hydrogen-bond acceptors (Lipinski definition) is 3. The van der Waals surface area contributed by atoms with Crippen LogP contribution >= 0.6 is 0 Å². The van der Waals surface area contributed by atoms with Gasteiger partial charge in [-0.1, -0.05) is 12.1 Å². The Balaban J connectivity index is 2.04. The van der Waals surface area contributed by atoms with Crippen molar-refractivity contribution in [2.75, 3.05) is 7.11 Å². The lowest BCUT2D eigenvalue weighted by atomic mass is 9.95. The number of hydrogen-bond donors (Lipinski definition) is 1. The van der Waals surface area contributed by atoms with E-state index in [-0.39, 0.29) is 17.7 Å². The zero-order chi connectivity index (χ0) is 11.3. The number of rotatable bonds is 1. The maximum absolute atomic E-state index is 13.7. The van der Waals surface area contributed by atoms with Gasteiger partial charge in [0, 0.05) is 12.5 Å². The summed E-state index contributed by atoms with van der Waals surface area (Å²) in [5, 5.41) is 3.16. The van der Waals surface area contributed by atoms with Crippen LogP contribution < -0.4 is 5.32 Å². The van der Waals surface area contributed by atoms with Crippen LogP contribution in [0.3, 0.4) is 0 Å². The fourth-order valence-electron chi connectivity index (χ4n) is 2.67. The molecule has 0 amide bonds. The Morgan fingerprint density at radius 3 is 3.19 bits per heavy atom. The third kappa shape index (κ3) is 1.08. The van der Waals surface area contributed by atoms with Gasteiger partial charge in [-0.2, -0.15) is 0 Å². The Morgan fingerprint density at radius 2 is 2.44 bits per heavy atom. The summed E-state index contributed by atoms with van der Waals surface area (Å²) in [4.78, 5) is 11.6. The molecule has 1 saturated carbocycles. The third-order valence-corrected chi connectivity index (χ3v) is 3.60. The Bertz CT molecular complexity index is 474. The molecule has 1 N–H and O–H groups in total. The SMILES string of the molecule is COC(=O)[C@]12C[C@@H]1c1c(F)cccc1CN2. The van der Waals surface area contributed by atoms with Crippen molar-refractivity contribution in [1.29, 1.82) is 0 Å². The summed E-state index contributed by atoms with van der Waals surface area (Å²) in [5.41, 5.74) is 0.970. The van der Waals surface area contributed by atoms with Crippen LogP contribution in [0, 0.1) is 5.82 Å². The molecule has 3 rings (SSSR count). The van der Waals surface area contributed by atoms with Gasteiger partial charge in [-0.05, 0) is 23.6 Å². The summed E-state index contributed by atoms with van der Waals surface area (Å²) in [6.45, 7) is 0.526. The zero-order valence-corrected chi connectivity index (χ0v) is 8.92. The monoisotopic (exact) mass is 221 g/mol. The van der Waals surface area contributed by atoms with Crippen LogP contribution in [0.1, 0.15) is 23.5 Å². The summed E-state index contributed by atoms with van der Waals surface area (Å²) in [5.74, 6) is -0.564. The highest BCUT2D eigenvalue weighted by Crippen LogP contribution is 2.56. The Hall–Kier alpha value is -1.42. The number of methoxy groups -OCH3 is 1. The number of halogens is 1. The number of nitrogens with one attached hydrogen (secondary N) is 1. The molecule has 1 fully saturated rings. The van der Waals surface area contributed by atoms with E-state index in [1.54, 1.807) is 6.07 Å². The first kappa shape index (κ1) is 9.78. The highest BCUT2D eigenvalue weighted by Gasteiger charge is 2.64. The fraction of sp³-hybridized carbons (Fsp3) is 0.417. The van der Waals surface area contributed by atoms with Gasteiger partial charge in [0.05, 0.1) is 7.11 Å². The van der Waals surface area contributed by atoms with Crippen molar-refractivity contribution in [2.45, 2.75) is 24.4 Å². The van der Waals surface area contributed by atoms with Crippen LogP contribution in [0.15, 0.2) is 18.2 Å². The van der Waals surface area contributed by atoms with Gasteiger partial charge in [0.2, 0.25) is 0 Å². The molecule has 4 heteroatoms. The molecule has 1 aromatic rings. The van der Waals surface area contributed by atoms with Crippen LogP contribution in [0.4, 0.5) is 4.39 Å². The van der Waals surface area contributed by atoms with Crippen molar-refractivity contribution in [3.05, 3.63) is 35.1 Å². The van der Waals surface area contributed by atoms with Gasteiger partial charge >= 0.3 is 5.97 Å². The minimum atomic E-state index is -0.663. The topological polar surface area (TPSA) is 38.3 Å². The molecule has 1 aliphatic carbocycles. The lowest BCUT2D eigenvalue weighted by Gasteiger charge is -2.24. The summed E-state index contributed by atoms with van der Waals surface area (Å²) in [6, 6.07) is 5.04. The van der Waals surface area contributed by atoms with Gasteiger partial charge in [-0.25, -0.2) is 4.39 Å². The Labute approximate surface area is 92.6 Å². The summed E-state index contributed by atoms with van der Waals surface area (Å²) in [7, 11) is 1.37. The summed E-state index contributed by atoms with van der Waals surface area (Å²) >= 11 is 0. The Morgan fingerprint density at radius 1 is 1.62 bits per heavy atom. The molecule has 2 aliphatic rings. The lowest BCUT2D eigenvalue weighted by Crippen LogP contribution is -2.44. The molecule has 0 radical (unpaired) electrons. The first-order valence-corrected chi connectivity index (χ1v) is 5.30. The van der Waals surface area contributed by atoms with Crippen LogP contribution in [0.2, 0.25) is 0 Å². The standard InChI is InChI=1S/C12H12FNO2/c1-16-11(15)12-5-8(12)10-7(6-14-12)3-2-4-9(10)13/h2-4,8,14H,5-6H2,1H3/t8-,12+/m1/s1. The molecule has 0 unspecified atom stereocenters. The van der Waals surface area contributed by atoms with E-state index >= 15 is 0 Å². The van der Waals surface area contributed by atoms with Gasteiger partial charge in [-0.3, -0.25) is 10.1 Å². The Kier molecular flexibility index (Phi) is 1.86. The summed E-state index contributed by atoms with van der Waals surface area (Å²) in [6.07, 6.45) is 0.633. The minimum Gasteiger partial charge on any atom is -0.468 e. The van der Waals surface area contributed by atoms with E-state index in [2.05, 4.69) is 5.32 Å². The van der Waals surface area contributed by atoms with Crippen LogP contribution in [-0.2, 0) is 16.1 Å². The van der Waals surface area contributed by atoms with Crippen molar-refractivity contribution in [3.8, 4) is 0 Å². The third-order valence-electron chi connectivity index (χ3n) is 3.60. The average molecular weight is 221 g/mol. The molecule has 2 atom stereocenters. The number of benzene rings is 1. The van der Waals surface area contributed by atoms with Crippen molar-refractivity contribution in [2.24, 2.45) is 0 Å². The van der Waals surface area contributed by atoms with E-state index in [4.69, 9.17) is 4.74 Å². The molecular weight excluding hydrogens is 209 g/mol. The number of esters is 1. The first-order valence-electron chi connectivity index (χ1n) is 5.30. The van der Waals surface area contributed by atoms with Gasteiger partial charge in [0.1, 0.15) is 11.4 Å². The maximum Gasteiger partial charge on any atom is 0.326 e. The molecule has 0 aromatic heterocycles. The predicted octanol–water partition coefficient (Wildman–Crippen LogP) is 1.33. The number of ether oxygens (including phenoxy) is 1. The largest absolute Gasteiger partial charge is 0.468 e. The normalized spacial score (nSPS) is 30.2. The number of carbonyl (C=O) groups excluding carboxylic acids is 1. The van der Waals surface area contributed by atoms with Crippen molar-refractivity contribution in [1.82, 2.24) is 5.32 Å². The molecule has 16 heavy (non-hydrogen) atoms. The molecule has 0 spiro atoms. The number of carbonyl (C=O) groups is 1. The van der Waals surface area contributed by atoms with Gasteiger partial charge in [0.25, 0.3) is 0 Å². The van der Waals surface area contributed by atoms with E-state index in [0.717, 1.165) is 5.56 Å². The summed E-state index contributed by atoms with van der Waals surface area (Å²) < 4.78 is 18.5. The second kappa shape index (κ2) is 3.04. The average Bonchev–Trinajstić information content (AvgIpc) is 3.04. The second-order valence-electron chi connectivity index (χ2n) is 4.39. The van der Waals surface area contributed by atoms with Crippen LogP contribution in [-0.4, -0.2) is 18.6 Å². The van der Waals surface area contributed by atoms with Crippen LogP contribution in [0.25, 0.3) is 0 Å². The molecule has 1 heterocycles. The molecule has 84 valence electrons. The van der Waals surface area contributed by atoms with Gasteiger partial charge in [-0.15, -0.1) is 0 Å². The minimum absolute atomic E-state index is 0.0649. The van der Waals surface area contributed by atoms with E-state index in [1.807, 2.05) is 6.07 Å². The predicted molar refractivity (Wildman–Crippen MR) is 55.3 cm³/mol. The molecule has 1 aliphatic heterocycles. The molecule has 0 saturated heterocycles. The smallest absolute Gasteiger partial charge is 0.326 e. The first-order chi connectivity index (χ1) is 7.69. The van der Waals surface area contributed by atoms with Crippen molar-refractivity contribution < 1.29 is 13.9 Å². The van der Waals surface area contributed by atoms with E-state index < -0.39 is 5.54 Å². The molecule has 1 aromatic carbocycles. The quantitative estimate of drug-likeness (QED) is 0.727. The highest BCUT2D eigenvalue weighted by atomic mass is 19.1. The van der Waals surface area contributed by atoms with E-state index in [9.17, 15) is 9.18 Å². The van der Waals surface area contributed by atoms with Crippen molar-refractivity contribution >= 4 is 5.97 Å². The fourth-order valence-corrected chi connectivity index (χ4v) is 2.67. The number of fused-ring (bicyclic) bond motifs is 3. The van der Waals surface area contributed by atoms with Gasteiger partial charge in [0.15, 0.2) is 0 Å². The van der Waals surface area contributed by atoms with E-state index in [0.29, 0.717) is 18.5 Å².